The van der Waals surface area contributed by atoms with Crippen molar-refractivity contribution < 1.29 is 9.47 Å². The maximum Gasteiger partial charge on any atom is 0.324 e. The molecule has 1 heterocycles. The van der Waals surface area contributed by atoms with Crippen LogP contribution in [-0.4, -0.2) is 27.7 Å². The second-order valence-corrected chi connectivity index (χ2v) is 6.91. The Hall–Kier alpha value is -1.59. The highest BCUT2D eigenvalue weighted by molar-refractivity contribution is 5.21. The summed E-state index contributed by atoms with van der Waals surface area (Å²) in [6, 6.07) is 0.507. The van der Waals surface area contributed by atoms with E-state index in [0.717, 1.165) is 6.42 Å². The molecule has 0 aromatic carbocycles. The molecular weight excluding hydrogens is 268 g/mol. The second kappa shape index (κ2) is 4.71. The Morgan fingerprint density at radius 3 is 2.48 bits per heavy atom. The number of ether oxygens (including phenoxy) is 2. The van der Waals surface area contributed by atoms with Gasteiger partial charge in [-0.25, -0.2) is 0 Å². The molecule has 3 rings (SSSR count). The summed E-state index contributed by atoms with van der Waals surface area (Å²) in [5, 5.41) is 0. The first-order valence-electron chi connectivity index (χ1n) is 7.68. The maximum absolute atomic E-state index is 6.09. The highest BCUT2D eigenvalue weighted by Crippen LogP contribution is 2.66. The topological polar surface area (TPSA) is 83.2 Å². The molecule has 2 aliphatic rings. The molecule has 2 fully saturated rings. The SMILES string of the molecule is CCOc1nc(N)nc(OC2CC3CCC2(C)C3(C)C)n1. The molecule has 3 atom stereocenters. The van der Waals surface area contributed by atoms with E-state index in [4.69, 9.17) is 15.2 Å². The summed E-state index contributed by atoms with van der Waals surface area (Å²) in [6.07, 6.45) is 3.66. The Bertz CT molecular complexity index is 548. The van der Waals surface area contributed by atoms with Crippen LogP contribution in [0, 0.1) is 16.7 Å². The molecule has 2 saturated carbocycles. The number of anilines is 1. The zero-order valence-corrected chi connectivity index (χ0v) is 13.2. The van der Waals surface area contributed by atoms with E-state index in [1.54, 1.807) is 0 Å². The van der Waals surface area contributed by atoms with Crippen LogP contribution in [0.4, 0.5) is 5.95 Å². The van der Waals surface area contributed by atoms with E-state index in [0.29, 0.717) is 17.9 Å². The third-order valence-corrected chi connectivity index (χ3v) is 5.85. The lowest BCUT2D eigenvalue weighted by atomic mass is 9.70. The summed E-state index contributed by atoms with van der Waals surface area (Å²) in [6.45, 7) is 9.38. The molecule has 2 bridgehead atoms. The van der Waals surface area contributed by atoms with Gasteiger partial charge in [0, 0.05) is 5.41 Å². The minimum Gasteiger partial charge on any atom is -0.464 e. The molecule has 2 aliphatic carbocycles. The number of hydrogen-bond donors (Lipinski definition) is 1. The van der Waals surface area contributed by atoms with Gasteiger partial charge in [0.05, 0.1) is 6.61 Å². The summed E-state index contributed by atoms with van der Waals surface area (Å²) in [7, 11) is 0. The fraction of sp³-hybridized carbons (Fsp3) is 0.800. The number of hydrogen-bond acceptors (Lipinski definition) is 6. The Labute approximate surface area is 125 Å². The van der Waals surface area contributed by atoms with E-state index in [9.17, 15) is 0 Å². The standard InChI is InChI=1S/C15H24N4O2/c1-5-20-12-17-11(16)18-13(19-12)21-10-8-9-6-7-15(10,4)14(9,2)3/h9-10H,5-8H2,1-4H3,(H2,16,17,18,19). The Morgan fingerprint density at radius 2 is 1.90 bits per heavy atom. The number of nitrogen functional groups attached to an aromatic ring is 1. The molecule has 0 amide bonds. The van der Waals surface area contributed by atoms with Crippen LogP contribution in [0.1, 0.15) is 47.0 Å². The van der Waals surface area contributed by atoms with Gasteiger partial charge in [-0.15, -0.1) is 4.98 Å². The van der Waals surface area contributed by atoms with Crippen LogP contribution < -0.4 is 15.2 Å². The molecule has 2 N–H and O–H groups in total. The highest BCUT2D eigenvalue weighted by atomic mass is 16.5. The van der Waals surface area contributed by atoms with Gasteiger partial charge < -0.3 is 15.2 Å². The fourth-order valence-electron chi connectivity index (χ4n) is 4.03. The molecule has 3 unspecified atom stereocenters. The average molecular weight is 292 g/mol. The lowest BCUT2D eigenvalue weighted by Crippen LogP contribution is -2.39. The third kappa shape index (κ3) is 2.12. The van der Waals surface area contributed by atoms with Crippen molar-refractivity contribution in [1.29, 1.82) is 0 Å². The van der Waals surface area contributed by atoms with Gasteiger partial charge in [-0.3, -0.25) is 0 Å². The number of nitrogens with zero attached hydrogens (tertiary/aromatic N) is 3. The maximum atomic E-state index is 6.09. The van der Waals surface area contributed by atoms with E-state index in [2.05, 4.69) is 35.7 Å². The highest BCUT2D eigenvalue weighted by Gasteiger charge is 2.62. The summed E-state index contributed by atoms with van der Waals surface area (Å²) < 4.78 is 11.4. The molecular formula is C15H24N4O2. The van der Waals surface area contributed by atoms with E-state index < -0.39 is 0 Å². The van der Waals surface area contributed by atoms with Crippen LogP contribution in [0.15, 0.2) is 0 Å². The van der Waals surface area contributed by atoms with Crippen molar-refractivity contribution in [2.45, 2.75) is 53.1 Å². The predicted molar refractivity (Wildman–Crippen MR) is 79.1 cm³/mol. The van der Waals surface area contributed by atoms with Gasteiger partial charge in [0.1, 0.15) is 6.10 Å². The van der Waals surface area contributed by atoms with Crippen molar-refractivity contribution in [3.05, 3.63) is 0 Å². The van der Waals surface area contributed by atoms with Gasteiger partial charge in [0.2, 0.25) is 5.95 Å². The van der Waals surface area contributed by atoms with Crippen LogP contribution in [-0.2, 0) is 0 Å². The molecule has 0 radical (unpaired) electrons. The number of rotatable bonds is 4. The Morgan fingerprint density at radius 1 is 1.19 bits per heavy atom. The van der Waals surface area contributed by atoms with Gasteiger partial charge in [-0.1, -0.05) is 20.8 Å². The van der Waals surface area contributed by atoms with Crippen LogP contribution in [0.25, 0.3) is 0 Å². The van der Waals surface area contributed by atoms with E-state index in [1.165, 1.54) is 12.8 Å². The second-order valence-electron chi connectivity index (χ2n) is 6.91. The zero-order valence-electron chi connectivity index (χ0n) is 13.2. The van der Waals surface area contributed by atoms with Crippen molar-refractivity contribution in [3.8, 4) is 12.0 Å². The van der Waals surface area contributed by atoms with E-state index in [-0.39, 0.29) is 29.5 Å². The molecule has 6 heteroatoms. The quantitative estimate of drug-likeness (QED) is 0.917. The summed E-state index contributed by atoms with van der Waals surface area (Å²) in [5.74, 6) is 0.842. The van der Waals surface area contributed by atoms with Gasteiger partial charge in [0.25, 0.3) is 0 Å². The van der Waals surface area contributed by atoms with Crippen LogP contribution in [0.3, 0.4) is 0 Å². The molecule has 6 nitrogen and oxygen atoms in total. The molecule has 0 saturated heterocycles. The number of fused-ring (bicyclic) bond motifs is 2. The monoisotopic (exact) mass is 292 g/mol. The van der Waals surface area contributed by atoms with E-state index >= 15 is 0 Å². The molecule has 0 aliphatic heterocycles. The van der Waals surface area contributed by atoms with Crippen molar-refractivity contribution in [1.82, 2.24) is 15.0 Å². The lowest BCUT2D eigenvalue weighted by Gasteiger charge is -2.38. The first-order chi connectivity index (χ1) is 9.86. The number of nitrogens with two attached hydrogens (primary N) is 1. The van der Waals surface area contributed by atoms with Gasteiger partial charge in [0.15, 0.2) is 0 Å². The summed E-state index contributed by atoms with van der Waals surface area (Å²) in [5.41, 5.74) is 6.15. The molecule has 0 spiro atoms. The van der Waals surface area contributed by atoms with Gasteiger partial charge in [-0.2, -0.15) is 9.97 Å². The van der Waals surface area contributed by atoms with Crippen LogP contribution >= 0.6 is 0 Å². The zero-order chi connectivity index (χ0) is 15.3. The third-order valence-electron chi connectivity index (χ3n) is 5.85. The Kier molecular flexibility index (Phi) is 3.22. The predicted octanol–water partition coefficient (Wildman–Crippen LogP) is 2.45. The summed E-state index contributed by atoms with van der Waals surface area (Å²) >= 11 is 0. The van der Waals surface area contributed by atoms with Crippen LogP contribution in [0.2, 0.25) is 0 Å². The largest absolute Gasteiger partial charge is 0.464 e. The molecule has 21 heavy (non-hydrogen) atoms. The first kappa shape index (κ1) is 14.4. The smallest absolute Gasteiger partial charge is 0.324 e. The van der Waals surface area contributed by atoms with Crippen LogP contribution in [0.5, 0.6) is 12.0 Å². The van der Waals surface area contributed by atoms with Crippen molar-refractivity contribution >= 4 is 5.95 Å². The number of aromatic nitrogens is 3. The lowest BCUT2D eigenvalue weighted by molar-refractivity contribution is 0.0236. The van der Waals surface area contributed by atoms with Gasteiger partial charge >= 0.3 is 12.0 Å². The van der Waals surface area contributed by atoms with Crippen molar-refractivity contribution in [3.63, 3.8) is 0 Å². The Balaban J connectivity index is 1.82. The first-order valence-corrected chi connectivity index (χ1v) is 7.68. The summed E-state index contributed by atoms with van der Waals surface area (Å²) in [4.78, 5) is 12.2. The minimum atomic E-state index is 0.127. The average Bonchev–Trinajstić information content (AvgIpc) is 2.71. The van der Waals surface area contributed by atoms with Crippen molar-refractivity contribution in [2.24, 2.45) is 16.7 Å². The fourth-order valence-corrected chi connectivity index (χ4v) is 4.03. The molecule has 1 aromatic heterocycles. The normalized spacial score (nSPS) is 33.1. The van der Waals surface area contributed by atoms with E-state index in [1.807, 2.05) is 6.92 Å². The van der Waals surface area contributed by atoms with Gasteiger partial charge in [-0.05, 0) is 37.5 Å². The molecule has 1 aromatic rings. The minimum absolute atomic E-state index is 0.127. The molecule has 116 valence electrons. The van der Waals surface area contributed by atoms with Crippen molar-refractivity contribution in [2.75, 3.05) is 12.3 Å².